The highest BCUT2D eigenvalue weighted by Crippen LogP contribution is 2.19. The molecule has 2 rings (SSSR count). The van der Waals surface area contributed by atoms with Gasteiger partial charge in [0.1, 0.15) is 0 Å². The summed E-state index contributed by atoms with van der Waals surface area (Å²) in [5, 5.41) is 0.668. The van der Waals surface area contributed by atoms with Crippen molar-refractivity contribution in [3.63, 3.8) is 0 Å². The molecule has 0 aliphatic carbocycles. The highest BCUT2D eigenvalue weighted by molar-refractivity contribution is 7.80. The molecule has 2 aromatic carbocycles. The summed E-state index contributed by atoms with van der Waals surface area (Å²) in [6, 6.07) is 14.8. The molecule has 0 atom stereocenters. The van der Waals surface area contributed by atoms with Crippen molar-refractivity contribution in [1.82, 2.24) is 4.90 Å². The monoisotopic (exact) mass is 291 g/mol. The molecule has 98 valence electrons. The molecule has 0 saturated heterocycles. The van der Waals surface area contributed by atoms with Gasteiger partial charge in [-0.25, -0.2) is 0 Å². The van der Waals surface area contributed by atoms with E-state index in [-0.39, 0.29) is 5.91 Å². The molecule has 2 aromatic rings. The van der Waals surface area contributed by atoms with Crippen molar-refractivity contribution in [3.05, 3.63) is 64.7 Å². The van der Waals surface area contributed by atoms with E-state index in [2.05, 4.69) is 12.6 Å². The molecular formula is C15H14ClNOS. The van der Waals surface area contributed by atoms with E-state index in [4.69, 9.17) is 11.6 Å². The van der Waals surface area contributed by atoms with Crippen molar-refractivity contribution in [1.29, 1.82) is 0 Å². The zero-order chi connectivity index (χ0) is 13.8. The fourth-order valence-electron chi connectivity index (χ4n) is 1.81. The molecule has 1 amide bonds. The molecule has 0 aliphatic heterocycles. The van der Waals surface area contributed by atoms with Crippen molar-refractivity contribution < 1.29 is 4.79 Å². The lowest BCUT2D eigenvalue weighted by atomic mass is 10.1. The van der Waals surface area contributed by atoms with Crippen LogP contribution in [0, 0.1) is 0 Å². The Balaban J connectivity index is 2.17. The Morgan fingerprint density at radius 2 is 1.79 bits per heavy atom. The van der Waals surface area contributed by atoms with E-state index in [1.807, 2.05) is 36.4 Å². The van der Waals surface area contributed by atoms with Crippen LogP contribution >= 0.6 is 24.2 Å². The van der Waals surface area contributed by atoms with Crippen molar-refractivity contribution in [2.75, 3.05) is 7.05 Å². The predicted molar refractivity (Wildman–Crippen MR) is 80.9 cm³/mol. The molecule has 0 N–H and O–H groups in total. The van der Waals surface area contributed by atoms with Gasteiger partial charge in [0.25, 0.3) is 5.91 Å². The Kier molecular flexibility index (Phi) is 4.51. The molecule has 19 heavy (non-hydrogen) atoms. The molecule has 0 fully saturated rings. The van der Waals surface area contributed by atoms with Gasteiger partial charge in [0.05, 0.1) is 5.56 Å². The number of thiol groups is 1. The second-order valence-corrected chi connectivity index (χ2v) is 5.16. The minimum Gasteiger partial charge on any atom is -0.337 e. The third kappa shape index (κ3) is 3.31. The van der Waals surface area contributed by atoms with Gasteiger partial charge in [-0.2, -0.15) is 0 Å². The SMILES string of the molecule is CN(Cc1ccccc1Cl)C(=O)c1ccccc1S. The lowest BCUT2D eigenvalue weighted by Crippen LogP contribution is -2.26. The third-order valence-corrected chi connectivity index (χ3v) is 3.61. The van der Waals surface area contributed by atoms with E-state index in [9.17, 15) is 4.79 Å². The summed E-state index contributed by atoms with van der Waals surface area (Å²) in [6.07, 6.45) is 0. The van der Waals surface area contributed by atoms with E-state index in [1.165, 1.54) is 0 Å². The van der Waals surface area contributed by atoms with Gasteiger partial charge in [0.15, 0.2) is 0 Å². The molecule has 4 heteroatoms. The van der Waals surface area contributed by atoms with Crippen molar-refractivity contribution in [3.8, 4) is 0 Å². The average molecular weight is 292 g/mol. The third-order valence-electron chi connectivity index (χ3n) is 2.85. The second kappa shape index (κ2) is 6.13. The first-order chi connectivity index (χ1) is 9.09. The number of benzene rings is 2. The first kappa shape index (κ1) is 14.0. The van der Waals surface area contributed by atoms with E-state index in [0.29, 0.717) is 22.0 Å². The van der Waals surface area contributed by atoms with Crippen LogP contribution in [0.5, 0.6) is 0 Å². The number of hydrogen-bond acceptors (Lipinski definition) is 2. The Labute approximate surface area is 123 Å². The largest absolute Gasteiger partial charge is 0.337 e. The molecule has 0 saturated carbocycles. The fourth-order valence-corrected chi connectivity index (χ4v) is 2.27. The first-order valence-electron chi connectivity index (χ1n) is 5.86. The van der Waals surface area contributed by atoms with Crippen LogP contribution in [0.1, 0.15) is 15.9 Å². The summed E-state index contributed by atoms with van der Waals surface area (Å²) in [5.74, 6) is -0.0643. The molecular weight excluding hydrogens is 278 g/mol. The van der Waals surface area contributed by atoms with Gasteiger partial charge in [-0.1, -0.05) is 41.9 Å². The Bertz CT molecular complexity index is 600. The lowest BCUT2D eigenvalue weighted by molar-refractivity contribution is 0.0782. The summed E-state index contributed by atoms with van der Waals surface area (Å²) in [6.45, 7) is 0.473. The Morgan fingerprint density at radius 1 is 1.16 bits per heavy atom. The zero-order valence-electron chi connectivity index (χ0n) is 10.5. The summed E-state index contributed by atoms with van der Waals surface area (Å²) in [5.41, 5.74) is 1.53. The van der Waals surface area contributed by atoms with Crippen molar-refractivity contribution >= 4 is 30.1 Å². The predicted octanol–water partition coefficient (Wildman–Crippen LogP) is 3.90. The van der Waals surface area contributed by atoms with Crippen LogP contribution in [-0.2, 0) is 6.54 Å². The Morgan fingerprint density at radius 3 is 2.47 bits per heavy atom. The van der Waals surface area contributed by atoms with Crippen LogP contribution in [-0.4, -0.2) is 17.9 Å². The number of nitrogens with zero attached hydrogens (tertiary/aromatic N) is 1. The molecule has 0 aromatic heterocycles. The Hall–Kier alpha value is -1.45. The number of carbonyl (C=O) groups excluding carboxylic acids is 1. The summed E-state index contributed by atoms with van der Waals surface area (Å²) < 4.78 is 0. The van der Waals surface area contributed by atoms with Crippen molar-refractivity contribution in [2.45, 2.75) is 11.4 Å². The smallest absolute Gasteiger partial charge is 0.255 e. The van der Waals surface area contributed by atoms with Gasteiger partial charge >= 0.3 is 0 Å². The van der Waals surface area contributed by atoms with Crippen LogP contribution in [0.2, 0.25) is 5.02 Å². The number of hydrogen-bond donors (Lipinski definition) is 1. The van der Waals surface area contributed by atoms with Gasteiger partial charge in [0, 0.05) is 23.5 Å². The number of halogens is 1. The minimum atomic E-state index is -0.0643. The fraction of sp³-hybridized carbons (Fsp3) is 0.133. The first-order valence-corrected chi connectivity index (χ1v) is 6.69. The molecule has 0 aliphatic rings. The van der Waals surface area contributed by atoms with Crippen LogP contribution < -0.4 is 0 Å². The van der Waals surface area contributed by atoms with Crippen molar-refractivity contribution in [2.24, 2.45) is 0 Å². The van der Waals surface area contributed by atoms with Gasteiger partial charge < -0.3 is 4.90 Å². The number of amides is 1. The molecule has 0 unspecified atom stereocenters. The topological polar surface area (TPSA) is 20.3 Å². The number of carbonyl (C=O) groups is 1. The highest BCUT2D eigenvalue weighted by atomic mass is 35.5. The van der Waals surface area contributed by atoms with E-state index in [0.717, 1.165) is 5.56 Å². The summed E-state index contributed by atoms with van der Waals surface area (Å²) in [4.78, 5) is 14.6. The van der Waals surface area contributed by atoms with Gasteiger partial charge in [0.2, 0.25) is 0 Å². The molecule has 0 heterocycles. The zero-order valence-corrected chi connectivity index (χ0v) is 12.2. The average Bonchev–Trinajstić information content (AvgIpc) is 2.41. The second-order valence-electron chi connectivity index (χ2n) is 4.27. The molecule has 0 bridgehead atoms. The minimum absolute atomic E-state index is 0.0643. The maximum absolute atomic E-state index is 12.3. The van der Waals surface area contributed by atoms with Crippen LogP contribution in [0.15, 0.2) is 53.4 Å². The van der Waals surface area contributed by atoms with Gasteiger partial charge in [-0.05, 0) is 23.8 Å². The molecule has 0 spiro atoms. The normalized spacial score (nSPS) is 10.3. The highest BCUT2D eigenvalue weighted by Gasteiger charge is 2.15. The maximum atomic E-state index is 12.3. The number of rotatable bonds is 3. The summed E-state index contributed by atoms with van der Waals surface area (Å²) in [7, 11) is 1.76. The van der Waals surface area contributed by atoms with Crippen LogP contribution in [0.4, 0.5) is 0 Å². The van der Waals surface area contributed by atoms with E-state index >= 15 is 0 Å². The standard InChI is InChI=1S/C15H14ClNOS/c1-17(10-11-6-2-4-8-13(11)16)15(18)12-7-3-5-9-14(12)19/h2-9,19H,10H2,1H3. The maximum Gasteiger partial charge on any atom is 0.255 e. The van der Waals surface area contributed by atoms with Crippen LogP contribution in [0.3, 0.4) is 0 Å². The van der Waals surface area contributed by atoms with Crippen LogP contribution in [0.25, 0.3) is 0 Å². The van der Waals surface area contributed by atoms with E-state index < -0.39 is 0 Å². The quantitative estimate of drug-likeness (QED) is 0.851. The molecule has 2 nitrogen and oxygen atoms in total. The summed E-state index contributed by atoms with van der Waals surface area (Å²) >= 11 is 10.4. The molecule has 0 radical (unpaired) electrons. The lowest BCUT2D eigenvalue weighted by Gasteiger charge is -2.18. The van der Waals surface area contributed by atoms with E-state index in [1.54, 1.807) is 24.1 Å². The van der Waals surface area contributed by atoms with Gasteiger partial charge in [-0.3, -0.25) is 4.79 Å². The van der Waals surface area contributed by atoms with Gasteiger partial charge in [-0.15, -0.1) is 12.6 Å².